The molecule has 2 aromatic carbocycles. The molecule has 0 N–H and O–H groups in total. The normalized spacial score (nSPS) is 12.4. The third kappa shape index (κ3) is 6.93. The number of hydrogen-bond donors (Lipinski definition) is 1. The van der Waals surface area contributed by atoms with E-state index in [1.807, 2.05) is 32.9 Å². The van der Waals surface area contributed by atoms with Crippen molar-refractivity contribution in [1.82, 2.24) is 0 Å². The summed E-state index contributed by atoms with van der Waals surface area (Å²) in [5.41, 5.74) is 8.06. The molecule has 0 nitrogen and oxygen atoms in total. The Balaban J connectivity index is 0.00000218. The van der Waals surface area contributed by atoms with Crippen molar-refractivity contribution in [3.05, 3.63) is 120 Å². The summed E-state index contributed by atoms with van der Waals surface area (Å²) in [5, 5.41) is 0. The first-order chi connectivity index (χ1) is 14.5. The summed E-state index contributed by atoms with van der Waals surface area (Å²) in [6, 6.07) is 14.9. The molecule has 0 aliphatic rings. The highest BCUT2D eigenvalue weighted by molar-refractivity contribution is 7.80. The smallest absolute Gasteiger partial charge is 0.00753 e. The number of allylic oxidation sites excluding steroid dienone is 10. The number of rotatable bonds is 7. The SMILES string of the molecule is C=C/C=C\C(=C/C)c1ccc(/C(C=C)=C/C(=C\C)c2ccc(C)c(S)c2)cc1.CC. The molecule has 30 heavy (non-hydrogen) atoms. The molecule has 0 saturated carbocycles. The van der Waals surface area contributed by atoms with Crippen LogP contribution in [0.1, 0.15) is 49.9 Å². The molecule has 0 aromatic heterocycles. The van der Waals surface area contributed by atoms with Crippen molar-refractivity contribution in [3.63, 3.8) is 0 Å². The van der Waals surface area contributed by atoms with Crippen molar-refractivity contribution < 1.29 is 0 Å². The van der Waals surface area contributed by atoms with Crippen molar-refractivity contribution in [2.45, 2.75) is 39.5 Å². The third-order valence-electron chi connectivity index (χ3n) is 4.66. The molecule has 0 aliphatic carbocycles. The molecule has 0 radical (unpaired) electrons. The second-order valence-electron chi connectivity index (χ2n) is 6.47. The number of aryl methyl sites for hydroxylation is 1. The zero-order chi connectivity index (χ0) is 22.5. The van der Waals surface area contributed by atoms with Gasteiger partial charge in [-0.3, -0.25) is 0 Å². The molecule has 0 bridgehead atoms. The van der Waals surface area contributed by atoms with Crippen molar-refractivity contribution in [2.75, 3.05) is 0 Å². The Hall–Kier alpha value is -2.77. The highest BCUT2D eigenvalue weighted by atomic mass is 32.1. The van der Waals surface area contributed by atoms with Crippen LogP contribution in [0.25, 0.3) is 16.7 Å². The topological polar surface area (TPSA) is 0 Å². The maximum atomic E-state index is 4.56. The lowest BCUT2D eigenvalue weighted by atomic mass is 9.96. The first-order valence-corrected chi connectivity index (χ1v) is 10.9. The van der Waals surface area contributed by atoms with E-state index in [9.17, 15) is 0 Å². The van der Waals surface area contributed by atoms with E-state index >= 15 is 0 Å². The Morgan fingerprint density at radius 1 is 0.800 bits per heavy atom. The van der Waals surface area contributed by atoms with Gasteiger partial charge in [0.2, 0.25) is 0 Å². The fourth-order valence-electron chi connectivity index (χ4n) is 2.94. The quantitative estimate of drug-likeness (QED) is 0.339. The van der Waals surface area contributed by atoms with E-state index in [0.717, 1.165) is 27.2 Å². The van der Waals surface area contributed by atoms with Crippen molar-refractivity contribution in [2.24, 2.45) is 0 Å². The minimum absolute atomic E-state index is 1.00. The largest absolute Gasteiger partial charge is 0.143 e. The van der Waals surface area contributed by atoms with Crippen molar-refractivity contribution in [1.29, 1.82) is 0 Å². The van der Waals surface area contributed by atoms with Gasteiger partial charge in [-0.25, -0.2) is 0 Å². The molecule has 0 heterocycles. The summed E-state index contributed by atoms with van der Waals surface area (Å²) in [6.07, 6.45) is 14.1. The molecule has 2 aromatic rings. The predicted octanol–water partition coefficient (Wildman–Crippen LogP) is 9.13. The molecule has 0 amide bonds. The summed E-state index contributed by atoms with van der Waals surface area (Å²) in [6.45, 7) is 17.9. The lowest BCUT2D eigenvalue weighted by Gasteiger charge is -2.10. The molecular formula is C29H34S. The minimum Gasteiger partial charge on any atom is -0.143 e. The number of hydrogen-bond acceptors (Lipinski definition) is 1. The van der Waals surface area contributed by atoms with Gasteiger partial charge in [-0.1, -0.05) is 99.9 Å². The predicted molar refractivity (Wildman–Crippen MR) is 141 cm³/mol. The molecule has 0 saturated heterocycles. The van der Waals surface area contributed by atoms with E-state index in [4.69, 9.17) is 0 Å². The van der Waals surface area contributed by atoms with Gasteiger partial charge in [0, 0.05) is 4.90 Å². The van der Waals surface area contributed by atoms with Gasteiger partial charge in [0.15, 0.2) is 0 Å². The van der Waals surface area contributed by atoms with E-state index in [1.165, 1.54) is 16.7 Å². The minimum atomic E-state index is 1.00. The third-order valence-corrected chi connectivity index (χ3v) is 5.14. The zero-order valence-corrected chi connectivity index (χ0v) is 19.8. The van der Waals surface area contributed by atoms with E-state index in [2.05, 4.69) is 106 Å². The Kier molecular flexibility index (Phi) is 11.3. The second-order valence-corrected chi connectivity index (χ2v) is 6.95. The average molecular weight is 415 g/mol. The fourth-order valence-corrected chi connectivity index (χ4v) is 3.15. The van der Waals surface area contributed by atoms with E-state index < -0.39 is 0 Å². The van der Waals surface area contributed by atoms with Crippen LogP contribution in [0.5, 0.6) is 0 Å². The summed E-state index contributed by atoms with van der Waals surface area (Å²) < 4.78 is 0. The molecule has 0 spiro atoms. The summed E-state index contributed by atoms with van der Waals surface area (Å²) in [4.78, 5) is 1.00. The highest BCUT2D eigenvalue weighted by Gasteiger charge is 2.05. The lowest BCUT2D eigenvalue weighted by Crippen LogP contribution is -1.88. The standard InChI is InChI=1S/C27H28S.C2H6/c1-6-10-11-21(7-2)24-14-16-25(17-15-24)22(8-3)18-23(9-4)26-13-12-20(5)27(28)19-26;1-2/h6-19,28H,1,3H2,2,4-5H3;1-2H3/b11-10-,21-7+,22-18+,23-9+;. The Bertz CT molecular complexity index is 964. The monoisotopic (exact) mass is 414 g/mol. The van der Waals surface area contributed by atoms with Gasteiger partial charge in [0.1, 0.15) is 0 Å². The zero-order valence-electron chi connectivity index (χ0n) is 18.9. The van der Waals surface area contributed by atoms with Crippen LogP contribution in [-0.4, -0.2) is 0 Å². The van der Waals surface area contributed by atoms with Crippen LogP contribution in [0.15, 0.2) is 103 Å². The Labute approximate surface area is 189 Å². The Morgan fingerprint density at radius 3 is 1.80 bits per heavy atom. The van der Waals surface area contributed by atoms with Gasteiger partial charge in [-0.2, -0.15) is 0 Å². The Morgan fingerprint density at radius 2 is 1.33 bits per heavy atom. The second kappa shape index (κ2) is 13.5. The fraction of sp³-hybridized carbons (Fsp3) is 0.172. The maximum absolute atomic E-state index is 4.56. The van der Waals surface area contributed by atoms with Gasteiger partial charge in [0.25, 0.3) is 0 Å². The van der Waals surface area contributed by atoms with E-state index in [-0.39, 0.29) is 0 Å². The van der Waals surface area contributed by atoms with Gasteiger partial charge >= 0.3 is 0 Å². The van der Waals surface area contributed by atoms with Gasteiger partial charge in [-0.05, 0) is 71.9 Å². The van der Waals surface area contributed by atoms with Crippen LogP contribution in [-0.2, 0) is 0 Å². The van der Waals surface area contributed by atoms with Crippen molar-refractivity contribution >= 4 is 29.3 Å². The van der Waals surface area contributed by atoms with E-state index in [0.29, 0.717) is 0 Å². The summed E-state index contributed by atoms with van der Waals surface area (Å²) in [7, 11) is 0. The van der Waals surface area contributed by atoms with Crippen LogP contribution in [0.4, 0.5) is 0 Å². The number of thiol groups is 1. The molecule has 0 fully saturated rings. The highest BCUT2D eigenvalue weighted by Crippen LogP contribution is 2.27. The summed E-state index contributed by atoms with van der Waals surface area (Å²) in [5.74, 6) is 0. The molecule has 2 rings (SSSR count). The van der Waals surface area contributed by atoms with Crippen LogP contribution < -0.4 is 0 Å². The molecular weight excluding hydrogens is 380 g/mol. The molecule has 156 valence electrons. The summed E-state index contributed by atoms with van der Waals surface area (Å²) >= 11 is 4.56. The van der Waals surface area contributed by atoms with Gasteiger partial charge in [-0.15, -0.1) is 12.6 Å². The average Bonchev–Trinajstić information content (AvgIpc) is 2.79. The number of benzene rings is 2. The van der Waals surface area contributed by atoms with E-state index in [1.54, 1.807) is 6.08 Å². The van der Waals surface area contributed by atoms with Crippen LogP contribution >= 0.6 is 12.6 Å². The van der Waals surface area contributed by atoms with Gasteiger partial charge < -0.3 is 0 Å². The maximum Gasteiger partial charge on any atom is 0.00753 e. The molecule has 1 heteroatoms. The first-order valence-electron chi connectivity index (χ1n) is 10.4. The first kappa shape index (κ1) is 25.3. The van der Waals surface area contributed by atoms with Crippen LogP contribution in [0.2, 0.25) is 0 Å². The molecule has 0 aliphatic heterocycles. The molecule has 0 atom stereocenters. The lowest BCUT2D eigenvalue weighted by molar-refractivity contribution is 1.30. The van der Waals surface area contributed by atoms with Crippen LogP contribution in [0, 0.1) is 6.92 Å². The van der Waals surface area contributed by atoms with Crippen LogP contribution in [0.3, 0.4) is 0 Å². The van der Waals surface area contributed by atoms with Crippen molar-refractivity contribution in [3.8, 4) is 0 Å². The molecule has 0 unspecified atom stereocenters. The van der Waals surface area contributed by atoms with Gasteiger partial charge in [0.05, 0.1) is 0 Å².